The second-order valence-corrected chi connectivity index (χ2v) is 13.5. The third-order valence-corrected chi connectivity index (χ3v) is 11.6. The molecule has 4 aliphatic rings. The molecule has 4 heteroatoms. The van der Waals surface area contributed by atoms with Gasteiger partial charge in [-0.05, 0) is 109 Å². The first-order valence-electron chi connectivity index (χ1n) is 13.8. The van der Waals surface area contributed by atoms with E-state index in [0.29, 0.717) is 23.8 Å². The minimum Gasteiger partial charge on any atom is -0.466 e. The minimum atomic E-state index is -0.655. The average Bonchev–Trinajstić information content (AvgIpc) is 3.08. The number of carbonyl (C=O) groups excluding carboxylic acids is 1. The summed E-state index contributed by atoms with van der Waals surface area (Å²) in [6.07, 6.45) is 11.6. The maximum absolute atomic E-state index is 11.8. The normalized spacial score (nSPS) is 40.3. The van der Waals surface area contributed by atoms with E-state index in [4.69, 9.17) is 4.74 Å². The predicted octanol–water partition coefficient (Wildman–Crippen LogP) is 6.52. The van der Waals surface area contributed by atoms with Gasteiger partial charge in [-0.15, -0.1) is 0 Å². The van der Waals surface area contributed by atoms with E-state index in [9.17, 15) is 15.0 Å². The van der Waals surface area contributed by atoms with Gasteiger partial charge in [0.1, 0.15) is 0 Å². The van der Waals surface area contributed by atoms with Crippen LogP contribution in [-0.2, 0) is 9.53 Å². The molecule has 0 heterocycles. The molecule has 0 bridgehead atoms. The third kappa shape index (κ3) is 3.89. The van der Waals surface area contributed by atoms with E-state index < -0.39 is 6.10 Å². The number of methoxy groups -OCH3 is 1. The van der Waals surface area contributed by atoms with Crippen LogP contribution in [0.2, 0.25) is 0 Å². The number of allylic oxidation sites excluding steroid dienone is 4. The summed E-state index contributed by atoms with van der Waals surface area (Å²) in [5.41, 5.74) is 5.67. The molecular weight excluding hydrogens is 436 g/mol. The third-order valence-electron chi connectivity index (χ3n) is 11.6. The lowest BCUT2D eigenvalue weighted by molar-refractivity contribution is -0.136. The molecule has 0 aromatic heterocycles. The number of aliphatic hydroxyl groups is 2. The molecule has 4 rings (SSSR count). The van der Waals surface area contributed by atoms with Crippen molar-refractivity contribution < 1.29 is 19.7 Å². The summed E-state index contributed by atoms with van der Waals surface area (Å²) in [5.74, 6) is 0.457. The van der Waals surface area contributed by atoms with Crippen LogP contribution >= 0.6 is 0 Å². The molecule has 4 aliphatic carbocycles. The fraction of sp³-hybridized carbons (Fsp3) is 0.774. The van der Waals surface area contributed by atoms with Gasteiger partial charge in [0.15, 0.2) is 0 Å². The van der Waals surface area contributed by atoms with Crippen molar-refractivity contribution in [3.63, 3.8) is 0 Å². The number of aliphatic hydroxyl groups excluding tert-OH is 2. The molecule has 0 aliphatic heterocycles. The molecule has 1 saturated carbocycles. The second kappa shape index (κ2) is 8.87. The Morgan fingerprint density at radius 3 is 2.51 bits per heavy atom. The van der Waals surface area contributed by atoms with Crippen molar-refractivity contribution in [3.8, 4) is 0 Å². The maximum Gasteiger partial charge on any atom is 0.333 e. The van der Waals surface area contributed by atoms with E-state index in [0.717, 1.165) is 44.9 Å². The van der Waals surface area contributed by atoms with Gasteiger partial charge in [0.25, 0.3) is 0 Å². The van der Waals surface area contributed by atoms with Gasteiger partial charge >= 0.3 is 5.97 Å². The standard InChI is InChI=1S/C31H48O4/c1-19(27(34)35-8)17-21(32)18-20(2)30(6)15-12-24-22-9-10-25-28(3,4)26(33)13-14-29(25,5)23(22)11-16-31(24,30)7/h12,17,20-21,25-26,32-33H,9-11,13-16,18H2,1-8H3/b19-17+/t20-,21+,25-,26-,29-,30+,31-/m1/s1. The maximum atomic E-state index is 11.8. The number of esters is 1. The molecule has 0 spiro atoms. The van der Waals surface area contributed by atoms with Crippen LogP contribution in [0.25, 0.3) is 0 Å². The zero-order valence-corrected chi connectivity index (χ0v) is 23.3. The highest BCUT2D eigenvalue weighted by atomic mass is 16.5. The van der Waals surface area contributed by atoms with Gasteiger partial charge in [0, 0.05) is 5.57 Å². The summed E-state index contributed by atoms with van der Waals surface area (Å²) < 4.78 is 4.79. The fourth-order valence-electron chi connectivity index (χ4n) is 8.88. The Balaban J connectivity index is 1.60. The lowest BCUT2D eigenvalue weighted by Crippen LogP contribution is -2.53. The molecule has 0 unspecified atom stereocenters. The quantitative estimate of drug-likeness (QED) is 0.344. The van der Waals surface area contributed by atoms with Gasteiger partial charge < -0.3 is 14.9 Å². The van der Waals surface area contributed by atoms with Crippen LogP contribution in [0, 0.1) is 33.5 Å². The Bertz CT molecular complexity index is 970. The smallest absolute Gasteiger partial charge is 0.333 e. The van der Waals surface area contributed by atoms with E-state index in [1.165, 1.54) is 7.11 Å². The van der Waals surface area contributed by atoms with Gasteiger partial charge in [0.05, 0.1) is 19.3 Å². The van der Waals surface area contributed by atoms with E-state index in [1.54, 1.807) is 29.7 Å². The number of hydrogen-bond acceptors (Lipinski definition) is 4. The van der Waals surface area contributed by atoms with Crippen molar-refractivity contribution in [1.29, 1.82) is 0 Å². The molecule has 0 amide bonds. The number of hydrogen-bond donors (Lipinski definition) is 2. The van der Waals surface area contributed by atoms with E-state index in [2.05, 4.69) is 47.6 Å². The molecule has 196 valence electrons. The van der Waals surface area contributed by atoms with Crippen molar-refractivity contribution in [3.05, 3.63) is 34.4 Å². The Morgan fingerprint density at radius 2 is 1.86 bits per heavy atom. The first kappa shape index (κ1) is 26.7. The summed E-state index contributed by atoms with van der Waals surface area (Å²) in [7, 11) is 1.37. The molecule has 35 heavy (non-hydrogen) atoms. The van der Waals surface area contributed by atoms with Crippen molar-refractivity contribution in [1.82, 2.24) is 0 Å². The van der Waals surface area contributed by atoms with E-state index >= 15 is 0 Å². The van der Waals surface area contributed by atoms with Crippen molar-refractivity contribution in [2.45, 2.75) is 112 Å². The van der Waals surface area contributed by atoms with Gasteiger partial charge in [-0.1, -0.05) is 53.2 Å². The van der Waals surface area contributed by atoms with E-state index in [-0.39, 0.29) is 33.7 Å². The Hall–Kier alpha value is -1.39. The summed E-state index contributed by atoms with van der Waals surface area (Å²) in [4.78, 5) is 11.8. The van der Waals surface area contributed by atoms with Crippen LogP contribution in [0.5, 0.6) is 0 Å². The summed E-state index contributed by atoms with van der Waals surface area (Å²) in [6, 6.07) is 0. The van der Waals surface area contributed by atoms with Crippen LogP contribution in [0.15, 0.2) is 34.4 Å². The first-order chi connectivity index (χ1) is 16.2. The van der Waals surface area contributed by atoms with E-state index in [1.807, 2.05) is 0 Å². The molecule has 4 nitrogen and oxygen atoms in total. The Labute approximate surface area is 212 Å². The number of rotatable bonds is 5. The first-order valence-corrected chi connectivity index (χ1v) is 13.8. The van der Waals surface area contributed by atoms with Gasteiger partial charge in [-0.25, -0.2) is 4.79 Å². The monoisotopic (exact) mass is 484 g/mol. The van der Waals surface area contributed by atoms with Crippen LogP contribution in [-0.4, -0.2) is 35.5 Å². The Morgan fingerprint density at radius 1 is 1.17 bits per heavy atom. The zero-order valence-electron chi connectivity index (χ0n) is 23.3. The molecule has 0 aromatic rings. The molecule has 2 N–H and O–H groups in total. The van der Waals surface area contributed by atoms with Gasteiger partial charge in [-0.2, -0.15) is 0 Å². The highest BCUT2D eigenvalue weighted by molar-refractivity contribution is 5.87. The summed E-state index contributed by atoms with van der Waals surface area (Å²) >= 11 is 0. The molecular formula is C31H48O4. The average molecular weight is 485 g/mol. The predicted molar refractivity (Wildman–Crippen MR) is 141 cm³/mol. The van der Waals surface area contributed by atoms with Crippen LogP contribution in [0.1, 0.15) is 99.8 Å². The summed E-state index contributed by atoms with van der Waals surface area (Å²) in [5, 5.41) is 21.6. The second-order valence-electron chi connectivity index (χ2n) is 13.5. The SMILES string of the molecule is COC(=O)/C(C)=C/[C@H](O)C[C@@H](C)[C@]1(C)CC=C2C3=C(CC[C@]21C)[C@@]1(C)CC[C@@H](O)C(C)(C)[C@H]1CC3. The highest BCUT2D eigenvalue weighted by Crippen LogP contribution is 2.69. The molecule has 0 saturated heterocycles. The molecule has 1 fully saturated rings. The lowest BCUT2D eigenvalue weighted by Gasteiger charge is -2.60. The number of carbonyl (C=O) groups is 1. The molecule has 0 radical (unpaired) electrons. The zero-order chi connectivity index (χ0) is 26.0. The van der Waals surface area contributed by atoms with Crippen LogP contribution in [0.4, 0.5) is 0 Å². The Kier molecular flexibility index (Phi) is 6.76. The lowest BCUT2D eigenvalue weighted by atomic mass is 9.45. The number of ether oxygens (including phenoxy) is 1. The molecule has 7 atom stereocenters. The minimum absolute atomic E-state index is 0.0364. The van der Waals surface area contributed by atoms with Crippen molar-refractivity contribution in [2.24, 2.45) is 33.5 Å². The number of fused-ring (bicyclic) bond motifs is 4. The molecule has 0 aromatic carbocycles. The van der Waals surface area contributed by atoms with Crippen LogP contribution in [0.3, 0.4) is 0 Å². The highest BCUT2D eigenvalue weighted by Gasteiger charge is 2.60. The summed E-state index contributed by atoms with van der Waals surface area (Å²) in [6.45, 7) is 15.9. The van der Waals surface area contributed by atoms with Gasteiger partial charge in [-0.3, -0.25) is 0 Å². The largest absolute Gasteiger partial charge is 0.466 e. The van der Waals surface area contributed by atoms with Crippen LogP contribution < -0.4 is 0 Å². The van der Waals surface area contributed by atoms with Crippen molar-refractivity contribution >= 4 is 5.97 Å². The topological polar surface area (TPSA) is 66.8 Å². The van der Waals surface area contributed by atoms with Crippen molar-refractivity contribution in [2.75, 3.05) is 7.11 Å². The fourth-order valence-corrected chi connectivity index (χ4v) is 8.88. The van der Waals surface area contributed by atoms with Gasteiger partial charge in [0.2, 0.25) is 0 Å².